The van der Waals surface area contributed by atoms with Crippen LogP contribution in [0.3, 0.4) is 0 Å². The van der Waals surface area contributed by atoms with Gasteiger partial charge in [-0.15, -0.1) is 5.10 Å². The fourth-order valence-corrected chi connectivity index (χ4v) is 2.83. The van der Waals surface area contributed by atoms with Crippen molar-refractivity contribution in [1.82, 2.24) is 20.3 Å². The van der Waals surface area contributed by atoms with Gasteiger partial charge in [-0.3, -0.25) is 4.79 Å². The summed E-state index contributed by atoms with van der Waals surface area (Å²) in [5, 5.41) is 11.4. The normalized spacial score (nSPS) is 17.0. The van der Waals surface area contributed by atoms with Crippen molar-refractivity contribution in [3.8, 4) is 5.88 Å². The van der Waals surface area contributed by atoms with Crippen LogP contribution in [0.5, 0.6) is 5.88 Å². The summed E-state index contributed by atoms with van der Waals surface area (Å²) in [6.07, 6.45) is 2.05. The van der Waals surface area contributed by atoms with Crippen LogP contribution in [0.1, 0.15) is 28.9 Å². The van der Waals surface area contributed by atoms with E-state index >= 15 is 0 Å². The van der Waals surface area contributed by atoms with Crippen LogP contribution in [0.15, 0.2) is 24.3 Å². The molecular weight excluding hydrogens is 332 g/mol. The Balaban J connectivity index is 1.71. The van der Waals surface area contributed by atoms with Crippen LogP contribution < -0.4 is 10.1 Å². The van der Waals surface area contributed by atoms with Crippen molar-refractivity contribution in [3.63, 3.8) is 0 Å². The smallest absolute Gasteiger partial charge is 0.277 e. The Morgan fingerprint density at radius 1 is 1.50 bits per heavy atom. The number of ether oxygens (including phenoxy) is 2. The lowest BCUT2D eigenvalue weighted by Crippen LogP contribution is -2.32. The Hall–Kier alpha value is -2.12. The number of hydrogen-bond donors (Lipinski definition) is 1. The molecule has 3 rings (SSSR count). The van der Waals surface area contributed by atoms with E-state index in [4.69, 9.17) is 21.1 Å². The van der Waals surface area contributed by atoms with Gasteiger partial charge in [-0.2, -0.15) is 0 Å². The average Bonchev–Trinajstić information content (AvgIpc) is 3.24. The summed E-state index contributed by atoms with van der Waals surface area (Å²) in [5.41, 5.74) is 1.02. The summed E-state index contributed by atoms with van der Waals surface area (Å²) in [7, 11) is 1.48. The molecule has 2 heterocycles. The van der Waals surface area contributed by atoms with E-state index in [1.54, 1.807) is 6.07 Å². The lowest BCUT2D eigenvalue weighted by Gasteiger charge is -2.10. The Morgan fingerprint density at radius 2 is 2.33 bits per heavy atom. The molecule has 8 heteroatoms. The average molecular weight is 351 g/mol. The van der Waals surface area contributed by atoms with Gasteiger partial charge in [0.05, 0.1) is 19.8 Å². The number of nitrogens with zero attached hydrogens (tertiary/aromatic N) is 3. The quantitative estimate of drug-likeness (QED) is 0.860. The molecule has 1 fully saturated rings. The lowest BCUT2D eigenvalue weighted by atomic mass is 10.2. The van der Waals surface area contributed by atoms with E-state index in [0.717, 1.165) is 25.0 Å². The second kappa shape index (κ2) is 7.63. The number of nitrogens with one attached hydrogen (secondary N) is 1. The molecule has 0 saturated carbocycles. The van der Waals surface area contributed by atoms with E-state index < -0.39 is 0 Å². The number of amides is 1. The Labute approximate surface area is 144 Å². The highest BCUT2D eigenvalue weighted by Crippen LogP contribution is 2.21. The maximum absolute atomic E-state index is 12.3. The van der Waals surface area contributed by atoms with E-state index in [2.05, 4.69) is 15.6 Å². The first-order chi connectivity index (χ1) is 11.7. The van der Waals surface area contributed by atoms with Gasteiger partial charge < -0.3 is 14.8 Å². The minimum atomic E-state index is -0.326. The molecule has 1 aromatic heterocycles. The van der Waals surface area contributed by atoms with Crippen molar-refractivity contribution in [1.29, 1.82) is 0 Å². The van der Waals surface area contributed by atoms with Gasteiger partial charge in [0, 0.05) is 18.2 Å². The van der Waals surface area contributed by atoms with Gasteiger partial charge in [0.25, 0.3) is 5.91 Å². The first-order valence-corrected chi connectivity index (χ1v) is 8.17. The number of hydrogen-bond acceptors (Lipinski definition) is 5. The predicted octanol–water partition coefficient (Wildman–Crippen LogP) is 1.90. The SMILES string of the molecule is COc1c(C(=O)NC[C@H]2CCCO2)nnn1Cc1ccccc1Cl. The number of rotatable bonds is 6. The van der Waals surface area contributed by atoms with Crippen molar-refractivity contribution in [2.45, 2.75) is 25.5 Å². The van der Waals surface area contributed by atoms with Crippen molar-refractivity contribution in [3.05, 3.63) is 40.5 Å². The van der Waals surface area contributed by atoms with E-state index in [9.17, 15) is 4.79 Å². The van der Waals surface area contributed by atoms with Gasteiger partial charge in [-0.1, -0.05) is 35.0 Å². The molecule has 1 N–H and O–H groups in total. The number of carbonyl (C=O) groups is 1. The molecule has 0 spiro atoms. The molecule has 24 heavy (non-hydrogen) atoms. The Kier molecular flexibility index (Phi) is 5.32. The fraction of sp³-hybridized carbons (Fsp3) is 0.438. The number of methoxy groups -OCH3 is 1. The molecule has 1 aliphatic rings. The lowest BCUT2D eigenvalue weighted by molar-refractivity contribution is 0.0851. The molecule has 0 unspecified atom stereocenters. The van der Waals surface area contributed by atoms with Gasteiger partial charge in [-0.05, 0) is 24.5 Å². The molecule has 1 aromatic carbocycles. The fourth-order valence-electron chi connectivity index (χ4n) is 2.64. The largest absolute Gasteiger partial charge is 0.479 e. The van der Waals surface area contributed by atoms with Gasteiger partial charge in [0.2, 0.25) is 11.6 Å². The number of aromatic nitrogens is 3. The summed E-state index contributed by atoms with van der Waals surface area (Å²) >= 11 is 6.17. The molecule has 128 valence electrons. The summed E-state index contributed by atoms with van der Waals surface area (Å²) < 4.78 is 12.3. The highest BCUT2D eigenvalue weighted by atomic mass is 35.5. The van der Waals surface area contributed by atoms with Crippen LogP contribution in [0.2, 0.25) is 5.02 Å². The maximum Gasteiger partial charge on any atom is 0.277 e. The zero-order valence-electron chi connectivity index (χ0n) is 13.4. The highest BCUT2D eigenvalue weighted by Gasteiger charge is 2.23. The van der Waals surface area contributed by atoms with Crippen LogP contribution in [0.4, 0.5) is 0 Å². The molecule has 1 aliphatic heterocycles. The zero-order chi connectivity index (χ0) is 16.9. The monoisotopic (exact) mass is 350 g/mol. The van der Waals surface area contributed by atoms with Gasteiger partial charge in [-0.25, -0.2) is 4.68 Å². The number of carbonyl (C=O) groups excluding carboxylic acids is 1. The van der Waals surface area contributed by atoms with Crippen LogP contribution >= 0.6 is 11.6 Å². The van der Waals surface area contributed by atoms with E-state index in [0.29, 0.717) is 24.0 Å². The van der Waals surface area contributed by atoms with Gasteiger partial charge in [0.15, 0.2) is 0 Å². The van der Waals surface area contributed by atoms with Gasteiger partial charge >= 0.3 is 0 Å². The molecule has 2 aromatic rings. The molecule has 1 atom stereocenters. The van der Waals surface area contributed by atoms with E-state index in [-0.39, 0.29) is 17.7 Å². The zero-order valence-corrected chi connectivity index (χ0v) is 14.1. The minimum absolute atomic E-state index is 0.0677. The molecule has 0 aliphatic carbocycles. The van der Waals surface area contributed by atoms with Crippen molar-refractivity contribution in [2.75, 3.05) is 20.3 Å². The second-order valence-corrected chi connectivity index (χ2v) is 5.95. The van der Waals surface area contributed by atoms with Crippen LogP contribution in [0.25, 0.3) is 0 Å². The summed E-state index contributed by atoms with van der Waals surface area (Å²) in [5.74, 6) is -0.0208. The number of benzene rings is 1. The molecule has 0 bridgehead atoms. The summed E-state index contributed by atoms with van der Waals surface area (Å²) in [4.78, 5) is 12.3. The number of halogens is 1. The van der Waals surface area contributed by atoms with Crippen LogP contribution in [-0.4, -0.2) is 47.3 Å². The molecular formula is C16H19ClN4O3. The Morgan fingerprint density at radius 3 is 3.04 bits per heavy atom. The summed E-state index contributed by atoms with van der Waals surface area (Å²) in [6.45, 7) is 1.58. The third-order valence-electron chi connectivity index (χ3n) is 3.89. The second-order valence-electron chi connectivity index (χ2n) is 5.54. The molecule has 7 nitrogen and oxygen atoms in total. The molecule has 1 amide bonds. The van der Waals surface area contributed by atoms with Crippen molar-refractivity contribution >= 4 is 17.5 Å². The first kappa shape index (κ1) is 16.7. The topological polar surface area (TPSA) is 78.3 Å². The minimum Gasteiger partial charge on any atom is -0.479 e. The Bertz CT molecular complexity index is 713. The molecule has 0 radical (unpaired) electrons. The van der Waals surface area contributed by atoms with Crippen molar-refractivity contribution < 1.29 is 14.3 Å². The van der Waals surface area contributed by atoms with Gasteiger partial charge in [0.1, 0.15) is 0 Å². The standard InChI is InChI=1S/C16H19ClN4O3/c1-23-16-14(15(22)18-9-12-6-4-8-24-12)19-20-21(16)10-11-5-2-3-7-13(11)17/h2-3,5,7,12H,4,6,8-10H2,1H3,(H,18,22)/t12-/m1/s1. The third-order valence-corrected chi connectivity index (χ3v) is 4.26. The van der Waals surface area contributed by atoms with Crippen molar-refractivity contribution in [2.24, 2.45) is 0 Å². The van der Waals surface area contributed by atoms with E-state index in [1.165, 1.54) is 11.8 Å². The van der Waals surface area contributed by atoms with Crippen LogP contribution in [-0.2, 0) is 11.3 Å². The summed E-state index contributed by atoms with van der Waals surface area (Å²) in [6, 6.07) is 7.43. The predicted molar refractivity (Wildman–Crippen MR) is 88.4 cm³/mol. The third kappa shape index (κ3) is 3.68. The first-order valence-electron chi connectivity index (χ1n) is 7.79. The highest BCUT2D eigenvalue weighted by molar-refractivity contribution is 6.31. The van der Waals surface area contributed by atoms with E-state index in [1.807, 2.05) is 18.2 Å². The molecule has 1 saturated heterocycles. The van der Waals surface area contributed by atoms with Crippen LogP contribution in [0, 0.1) is 0 Å². The maximum atomic E-state index is 12.3.